The molecule has 1 aliphatic heterocycles. The third kappa shape index (κ3) is 4.49. The fourth-order valence-electron chi connectivity index (χ4n) is 3.96. The Morgan fingerprint density at radius 1 is 1.03 bits per heavy atom. The number of methoxy groups -OCH3 is 1. The molecule has 1 aromatic heterocycles. The molecular formula is C27H26N2O5S. The van der Waals surface area contributed by atoms with E-state index in [-0.39, 0.29) is 28.2 Å². The average Bonchev–Trinajstić information content (AvgIpc) is 3.13. The number of fused-ring (bicyclic) bond motifs is 1. The number of carbonyl (C=O) groups excluding carboxylic acids is 3. The number of ether oxygens (including phenoxy) is 2. The highest BCUT2D eigenvalue weighted by atomic mass is 32.2. The molecule has 1 atom stereocenters. The fourth-order valence-corrected chi connectivity index (χ4v) is 5.16. The van der Waals surface area contributed by atoms with Gasteiger partial charge in [-0.1, -0.05) is 71.4 Å². The molecule has 0 bridgehead atoms. The molecule has 4 rings (SSSR count). The molecule has 8 heteroatoms. The van der Waals surface area contributed by atoms with Crippen molar-refractivity contribution < 1.29 is 23.9 Å². The fraction of sp³-hybridized carbons (Fsp3) is 0.222. The van der Waals surface area contributed by atoms with E-state index in [1.807, 2.05) is 62.4 Å². The number of nitrogen functional groups attached to an aromatic ring is 1. The van der Waals surface area contributed by atoms with Crippen LogP contribution in [0.2, 0.25) is 0 Å². The second-order valence-corrected chi connectivity index (χ2v) is 9.32. The number of aryl methyl sites for hydroxylation is 2. The van der Waals surface area contributed by atoms with Crippen LogP contribution in [0.5, 0.6) is 0 Å². The summed E-state index contributed by atoms with van der Waals surface area (Å²) < 4.78 is 11.5. The summed E-state index contributed by atoms with van der Waals surface area (Å²) in [6.45, 7) is 5.79. The van der Waals surface area contributed by atoms with Crippen LogP contribution in [0.25, 0.3) is 11.0 Å². The van der Waals surface area contributed by atoms with Gasteiger partial charge in [0.05, 0.1) is 24.8 Å². The Labute approximate surface area is 207 Å². The summed E-state index contributed by atoms with van der Waals surface area (Å²) in [7, 11) is 1.22. The molecule has 35 heavy (non-hydrogen) atoms. The topological polar surface area (TPSA) is 101 Å². The van der Waals surface area contributed by atoms with E-state index >= 15 is 0 Å². The molecular weight excluding hydrogens is 464 g/mol. The number of esters is 2. The van der Waals surface area contributed by atoms with Crippen LogP contribution in [-0.2, 0) is 14.3 Å². The Bertz CT molecular complexity index is 1440. The Hall–Kier alpha value is -3.78. The molecule has 7 nitrogen and oxygen atoms in total. The standard InChI is InChI=1S/C27H26N2O5S/c1-5-34-27(32)24-21-19(14-17-10-6-15(2)7-11-17)20(28)22(26(31)33-4)29(21)25(30)23(35-24)18-12-8-16(3)9-13-18/h6-14,23H,5,28H2,1-4H3/b19-14+. The van der Waals surface area contributed by atoms with Gasteiger partial charge in [-0.05, 0) is 38.0 Å². The monoisotopic (exact) mass is 490 g/mol. The third-order valence-electron chi connectivity index (χ3n) is 5.75. The van der Waals surface area contributed by atoms with Crippen molar-refractivity contribution in [2.75, 3.05) is 19.5 Å². The number of aromatic nitrogens is 1. The van der Waals surface area contributed by atoms with Gasteiger partial charge in [-0.2, -0.15) is 0 Å². The number of thioether (sulfide) groups is 1. The molecule has 0 fully saturated rings. The molecule has 0 saturated carbocycles. The number of hydrogen-bond acceptors (Lipinski definition) is 7. The van der Waals surface area contributed by atoms with Crippen LogP contribution in [-0.4, -0.2) is 36.1 Å². The molecule has 3 aromatic rings. The summed E-state index contributed by atoms with van der Waals surface area (Å²) in [5.74, 6) is -1.74. The summed E-state index contributed by atoms with van der Waals surface area (Å²) in [5, 5.41) is -0.147. The normalized spacial score (nSPS) is 15.7. The lowest BCUT2D eigenvalue weighted by molar-refractivity contribution is -0.135. The lowest BCUT2D eigenvalue weighted by atomic mass is 10.1. The van der Waals surface area contributed by atoms with E-state index in [9.17, 15) is 14.4 Å². The average molecular weight is 491 g/mol. The first-order chi connectivity index (χ1) is 16.8. The van der Waals surface area contributed by atoms with Gasteiger partial charge >= 0.3 is 11.9 Å². The van der Waals surface area contributed by atoms with Crippen molar-refractivity contribution in [2.24, 2.45) is 0 Å². The highest BCUT2D eigenvalue weighted by Gasteiger charge is 2.38. The summed E-state index contributed by atoms with van der Waals surface area (Å²) in [4.78, 5) is 40.0. The first kappa shape index (κ1) is 24.3. The number of benzene rings is 2. The molecule has 0 amide bonds. The zero-order valence-corrected chi connectivity index (χ0v) is 20.8. The van der Waals surface area contributed by atoms with Gasteiger partial charge in [-0.15, -0.1) is 0 Å². The van der Waals surface area contributed by atoms with Gasteiger partial charge in [0.25, 0.3) is 0 Å². The molecule has 0 spiro atoms. The SMILES string of the molecule is CCOC(=O)C1=c2/c(=C/c3ccc(C)cc3)c(N)c(C(=O)OC)n2C(=O)C(c2ccc(C)cc2)S1. The van der Waals surface area contributed by atoms with Gasteiger partial charge in [0, 0.05) is 5.22 Å². The van der Waals surface area contributed by atoms with Crippen molar-refractivity contribution in [3.63, 3.8) is 0 Å². The van der Waals surface area contributed by atoms with Crippen LogP contribution in [0, 0.1) is 13.8 Å². The van der Waals surface area contributed by atoms with E-state index < -0.39 is 23.1 Å². The van der Waals surface area contributed by atoms with Crippen LogP contribution in [0.15, 0.2) is 48.5 Å². The Kier molecular flexibility index (Phi) is 6.84. The van der Waals surface area contributed by atoms with Crippen molar-refractivity contribution in [1.82, 2.24) is 4.57 Å². The first-order valence-electron chi connectivity index (χ1n) is 11.1. The van der Waals surface area contributed by atoms with Crippen LogP contribution < -0.4 is 16.3 Å². The summed E-state index contributed by atoms with van der Waals surface area (Å²) >= 11 is 1.10. The van der Waals surface area contributed by atoms with E-state index in [2.05, 4.69) is 0 Å². The quantitative estimate of drug-likeness (QED) is 0.549. The molecule has 2 N–H and O–H groups in total. The van der Waals surface area contributed by atoms with Crippen molar-refractivity contribution in [3.05, 3.63) is 87.0 Å². The van der Waals surface area contributed by atoms with Crippen molar-refractivity contribution in [3.8, 4) is 0 Å². The Morgan fingerprint density at radius 2 is 1.63 bits per heavy atom. The van der Waals surface area contributed by atoms with Gasteiger partial charge in [0.2, 0.25) is 5.91 Å². The third-order valence-corrected chi connectivity index (χ3v) is 7.06. The molecule has 0 saturated heterocycles. The number of anilines is 1. The lowest BCUT2D eigenvalue weighted by Gasteiger charge is -2.23. The number of carbonyl (C=O) groups is 3. The van der Waals surface area contributed by atoms with E-state index in [1.54, 1.807) is 13.0 Å². The van der Waals surface area contributed by atoms with E-state index in [0.717, 1.165) is 28.5 Å². The lowest BCUT2D eigenvalue weighted by Crippen LogP contribution is -2.42. The summed E-state index contributed by atoms with van der Waals surface area (Å²) in [6.07, 6.45) is 1.76. The minimum Gasteiger partial charge on any atom is -0.464 e. The van der Waals surface area contributed by atoms with Crippen LogP contribution in [0.3, 0.4) is 0 Å². The first-order valence-corrected chi connectivity index (χ1v) is 12.0. The number of rotatable bonds is 5. The number of nitrogens with zero attached hydrogens (tertiary/aromatic N) is 1. The molecule has 0 radical (unpaired) electrons. The van der Waals surface area contributed by atoms with E-state index in [0.29, 0.717) is 10.8 Å². The summed E-state index contributed by atoms with van der Waals surface area (Å²) in [6, 6.07) is 15.1. The zero-order valence-electron chi connectivity index (χ0n) is 20.0. The van der Waals surface area contributed by atoms with Crippen LogP contribution in [0.1, 0.15) is 49.7 Å². The predicted molar refractivity (Wildman–Crippen MR) is 136 cm³/mol. The molecule has 1 unspecified atom stereocenters. The van der Waals surface area contributed by atoms with Crippen molar-refractivity contribution >= 4 is 46.3 Å². The minimum absolute atomic E-state index is 0.0627. The maximum atomic E-state index is 13.8. The molecule has 1 aliphatic rings. The Morgan fingerprint density at radius 3 is 2.20 bits per heavy atom. The largest absolute Gasteiger partial charge is 0.464 e. The van der Waals surface area contributed by atoms with Gasteiger partial charge in [-0.25, -0.2) is 9.59 Å². The highest BCUT2D eigenvalue weighted by Crippen LogP contribution is 2.39. The van der Waals surface area contributed by atoms with Gasteiger partial charge in [-0.3, -0.25) is 9.36 Å². The smallest absolute Gasteiger partial charge is 0.357 e. The maximum absolute atomic E-state index is 13.8. The Balaban J connectivity index is 2.09. The van der Waals surface area contributed by atoms with E-state index in [4.69, 9.17) is 15.2 Å². The van der Waals surface area contributed by atoms with Gasteiger partial charge in [0.15, 0.2) is 5.69 Å². The van der Waals surface area contributed by atoms with Crippen LogP contribution >= 0.6 is 11.8 Å². The minimum atomic E-state index is -0.773. The second kappa shape index (κ2) is 9.84. The number of hydrogen-bond donors (Lipinski definition) is 1. The summed E-state index contributed by atoms with van der Waals surface area (Å²) in [5.41, 5.74) is 10.0. The van der Waals surface area contributed by atoms with Crippen LogP contribution in [0.4, 0.5) is 5.69 Å². The number of nitrogens with two attached hydrogens (primary N) is 1. The van der Waals surface area contributed by atoms with Gasteiger partial charge in [0.1, 0.15) is 10.2 Å². The van der Waals surface area contributed by atoms with E-state index in [1.165, 1.54) is 11.7 Å². The van der Waals surface area contributed by atoms with Crippen molar-refractivity contribution in [2.45, 2.75) is 26.0 Å². The molecule has 2 aromatic carbocycles. The second-order valence-electron chi connectivity index (χ2n) is 8.20. The highest BCUT2D eigenvalue weighted by molar-refractivity contribution is 8.10. The molecule has 180 valence electrons. The molecule has 0 aliphatic carbocycles. The molecule has 2 heterocycles. The zero-order chi connectivity index (χ0) is 25.3. The predicted octanol–water partition coefficient (Wildman–Crippen LogP) is 3.10. The van der Waals surface area contributed by atoms with Crippen molar-refractivity contribution in [1.29, 1.82) is 0 Å². The maximum Gasteiger partial charge on any atom is 0.357 e. The van der Waals surface area contributed by atoms with Gasteiger partial charge < -0.3 is 15.2 Å².